The van der Waals surface area contributed by atoms with Crippen LogP contribution < -0.4 is 5.73 Å². The predicted octanol–water partition coefficient (Wildman–Crippen LogP) is 9.18. The Hall–Kier alpha value is -6.90. The number of anilines is 1. The number of nitrogen functional groups attached to an aromatic ring is 1. The molecule has 7 rings (SSSR count). The van der Waals surface area contributed by atoms with Crippen LogP contribution in [0, 0.1) is 0 Å². The number of aromatic hydroxyl groups is 1. The lowest BCUT2D eigenvalue weighted by molar-refractivity contribution is 0.476. The van der Waals surface area contributed by atoms with E-state index in [0.29, 0.717) is 22.9 Å². The molecule has 0 aliphatic rings. The maximum absolute atomic E-state index is 12.5. The largest absolute Gasteiger partial charge is 0.506 e. The number of nitrogens with two attached hydrogens (primary N) is 1. The highest BCUT2D eigenvalue weighted by Gasteiger charge is 2.26. The molecular weight excluding hydrogens is 891 g/mol. The molecule has 0 aromatic heterocycles. The van der Waals surface area contributed by atoms with Crippen molar-refractivity contribution in [2.24, 2.45) is 30.7 Å². The molecule has 7 N–H and O–H groups in total. The summed E-state index contributed by atoms with van der Waals surface area (Å²) in [5.41, 5.74) is 6.90. The van der Waals surface area contributed by atoms with Gasteiger partial charge in [0, 0.05) is 10.8 Å². The van der Waals surface area contributed by atoms with E-state index in [2.05, 4.69) is 30.7 Å². The normalized spacial score (nSPS) is 13.0. The fourth-order valence-corrected chi connectivity index (χ4v) is 8.76. The minimum atomic E-state index is -5.10. The van der Waals surface area contributed by atoms with E-state index >= 15 is 0 Å². The number of nitrogens with zero attached hydrogens (tertiary/aromatic N) is 6. The predicted molar refractivity (Wildman–Crippen MR) is 224 cm³/mol. The second-order valence-electron chi connectivity index (χ2n) is 13.1. The van der Waals surface area contributed by atoms with Crippen molar-refractivity contribution in [1.29, 1.82) is 0 Å². The van der Waals surface area contributed by atoms with Gasteiger partial charge in [-0.3, -0.25) is 18.2 Å². The summed E-state index contributed by atoms with van der Waals surface area (Å²) < 4.78 is 137. The molecule has 0 aliphatic heterocycles. The Labute approximate surface area is 351 Å². The topological polar surface area (TPSA) is 338 Å². The van der Waals surface area contributed by atoms with Crippen molar-refractivity contribution in [1.82, 2.24) is 0 Å². The standard InChI is InChI=1S/C38H27N7O13S4/c39-36-29-20-30(43-40-25-4-2-1-3-5-25)32(60(50,51)52)17-24(29)18-34(62(56,57)58)38(36)45-42-27-13-8-22(9-14-27)21-6-11-26(12-7-21)41-44-37-31(46)15-10-23-16-28(59(47,48)49)19-33(35(23)37)61(53,54)55/h1-20,46H,39H2,(H,47,48,49)(H,50,51,52)(H,53,54,55)(H,56,57,58)/b43-40+,44-41+,45-42+. The fourth-order valence-electron chi connectivity index (χ4n) is 6.08. The minimum Gasteiger partial charge on any atom is -0.506 e. The Morgan fingerprint density at radius 3 is 1.47 bits per heavy atom. The van der Waals surface area contributed by atoms with Crippen LogP contribution in [0.1, 0.15) is 0 Å². The van der Waals surface area contributed by atoms with Crippen LogP contribution in [0.3, 0.4) is 0 Å². The van der Waals surface area contributed by atoms with Gasteiger partial charge in [-0.25, -0.2) is 0 Å². The van der Waals surface area contributed by atoms with Crippen molar-refractivity contribution in [2.45, 2.75) is 19.6 Å². The highest BCUT2D eigenvalue weighted by atomic mass is 32.2. The van der Waals surface area contributed by atoms with Crippen molar-refractivity contribution >= 4 is 102 Å². The summed E-state index contributed by atoms with van der Waals surface area (Å²) >= 11 is 0. The zero-order valence-electron chi connectivity index (χ0n) is 30.9. The maximum Gasteiger partial charge on any atom is 0.296 e. The molecule has 0 amide bonds. The van der Waals surface area contributed by atoms with E-state index in [-0.39, 0.29) is 44.3 Å². The quantitative estimate of drug-likeness (QED) is 0.0400. The molecule has 0 heterocycles. The van der Waals surface area contributed by atoms with Crippen molar-refractivity contribution in [3.63, 3.8) is 0 Å². The Morgan fingerprint density at radius 2 is 0.935 bits per heavy atom. The van der Waals surface area contributed by atoms with E-state index in [0.717, 1.165) is 36.4 Å². The first-order valence-electron chi connectivity index (χ1n) is 17.2. The molecule has 0 saturated carbocycles. The van der Waals surface area contributed by atoms with Crippen LogP contribution in [-0.4, -0.2) is 57.0 Å². The summed E-state index contributed by atoms with van der Waals surface area (Å²) in [4.78, 5) is -3.28. The zero-order chi connectivity index (χ0) is 44.8. The number of fused-ring (bicyclic) bond motifs is 2. The lowest BCUT2D eigenvalue weighted by Crippen LogP contribution is -2.04. The number of phenols is 1. The summed E-state index contributed by atoms with van der Waals surface area (Å²) in [6.07, 6.45) is 0. The number of azo groups is 3. The van der Waals surface area contributed by atoms with Crippen LogP contribution in [0.15, 0.2) is 172 Å². The smallest absolute Gasteiger partial charge is 0.296 e. The van der Waals surface area contributed by atoms with Crippen molar-refractivity contribution < 1.29 is 57.0 Å². The van der Waals surface area contributed by atoms with Crippen LogP contribution in [0.25, 0.3) is 32.7 Å². The van der Waals surface area contributed by atoms with Crippen molar-refractivity contribution in [2.75, 3.05) is 5.73 Å². The van der Waals surface area contributed by atoms with Crippen molar-refractivity contribution in [3.8, 4) is 16.9 Å². The zero-order valence-corrected chi connectivity index (χ0v) is 34.2. The molecule has 0 aliphatic carbocycles. The van der Waals surface area contributed by atoms with Gasteiger partial charge >= 0.3 is 0 Å². The molecular formula is C38H27N7O13S4. The highest BCUT2D eigenvalue weighted by Crippen LogP contribution is 2.43. The van der Waals surface area contributed by atoms with E-state index < -0.39 is 77.2 Å². The van der Waals surface area contributed by atoms with E-state index in [1.165, 1.54) is 24.3 Å². The molecule has 0 fully saturated rings. The highest BCUT2D eigenvalue weighted by molar-refractivity contribution is 7.87. The van der Waals surface area contributed by atoms with Gasteiger partial charge in [0.25, 0.3) is 40.5 Å². The minimum absolute atomic E-state index is 0.0464. The van der Waals surface area contributed by atoms with Gasteiger partial charge in [-0.05, 0) is 94.7 Å². The lowest BCUT2D eigenvalue weighted by atomic mass is 10.1. The summed E-state index contributed by atoms with van der Waals surface area (Å²) in [6, 6.07) is 27.6. The Bertz CT molecular complexity index is 3520. The van der Waals surface area contributed by atoms with Gasteiger partial charge in [-0.15, -0.1) is 15.3 Å². The molecule has 24 heteroatoms. The van der Waals surface area contributed by atoms with Crippen LogP contribution in [-0.2, 0) is 40.5 Å². The van der Waals surface area contributed by atoms with Gasteiger partial charge in [-0.1, -0.05) is 48.5 Å². The molecule has 0 radical (unpaired) electrons. The molecule has 0 spiro atoms. The van der Waals surface area contributed by atoms with E-state index in [4.69, 9.17) is 5.73 Å². The van der Waals surface area contributed by atoms with Gasteiger partial charge < -0.3 is 10.8 Å². The second kappa shape index (κ2) is 16.2. The summed E-state index contributed by atoms with van der Waals surface area (Å²) in [5, 5.41) is 34.1. The van der Waals surface area contributed by atoms with Gasteiger partial charge in [0.1, 0.15) is 37.5 Å². The van der Waals surface area contributed by atoms with Crippen LogP contribution in [0.2, 0.25) is 0 Å². The molecule has 62 heavy (non-hydrogen) atoms. The Kier molecular flexibility index (Phi) is 11.3. The van der Waals surface area contributed by atoms with Gasteiger partial charge in [0.2, 0.25) is 0 Å². The van der Waals surface area contributed by atoms with E-state index in [1.54, 1.807) is 54.6 Å². The van der Waals surface area contributed by atoms with E-state index in [9.17, 15) is 57.0 Å². The third-order valence-electron chi connectivity index (χ3n) is 8.96. The Balaban J connectivity index is 1.18. The number of hydrogen-bond donors (Lipinski definition) is 6. The molecule has 316 valence electrons. The van der Waals surface area contributed by atoms with E-state index in [1.807, 2.05) is 0 Å². The SMILES string of the molecule is Nc1c(/N=N/c2ccc(-c3ccc(/N=N/c4c(O)ccc5cc(S(=O)(=O)O)cc(S(=O)(=O)O)c45)cc3)cc2)c(S(=O)(=O)O)cc2cc(S(=O)(=O)O)c(/N=N/c3ccccc3)cc12. The monoisotopic (exact) mass is 917 g/mol. The first-order valence-corrected chi connectivity index (χ1v) is 22.9. The molecule has 7 aromatic carbocycles. The third-order valence-corrected chi connectivity index (χ3v) is 12.4. The average molecular weight is 918 g/mol. The number of rotatable bonds is 11. The number of phenolic OH excluding ortho intramolecular Hbond substituents is 1. The maximum atomic E-state index is 12.5. The summed E-state index contributed by atoms with van der Waals surface area (Å²) in [6.45, 7) is 0. The van der Waals surface area contributed by atoms with Crippen LogP contribution >= 0.6 is 0 Å². The van der Waals surface area contributed by atoms with Gasteiger partial charge in [0.05, 0.1) is 27.6 Å². The molecule has 0 atom stereocenters. The summed E-state index contributed by atoms with van der Waals surface area (Å²) in [7, 11) is -19.9. The van der Waals surface area contributed by atoms with Gasteiger partial charge in [-0.2, -0.15) is 49.0 Å². The van der Waals surface area contributed by atoms with Gasteiger partial charge in [0.15, 0.2) is 0 Å². The lowest BCUT2D eigenvalue weighted by Gasteiger charge is -2.12. The number of hydrogen-bond acceptors (Lipinski definition) is 16. The first kappa shape index (κ1) is 43.2. The third kappa shape index (κ3) is 9.21. The second-order valence-corrected chi connectivity index (χ2v) is 18.7. The first-order chi connectivity index (χ1) is 29.1. The van der Waals surface area contributed by atoms with Crippen LogP contribution in [0.5, 0.6) is 5.75 Å². The molecule has 20 nitrogen and oxygen atoms in total. The summed E-state index contributed by atoms with van der Waals surface area (Å²) in [5.74, 6) is -0.553. The Morgan fingerprint density at radius 1 is 0.435 bits per heavy atom. The van der Waals surface area contributed by atoms with Crippen LogP contribution in [0.4, 0.5) is 39.8 Å². The molecule has 7 aromatic rings. The number of benzene rings is 7. The van der Waals surface area contributed by atoms with Crippen molar-refractivity contribution in [3.05, 3.63) is 121 Å². The molecule has 0 unspecified atom stereocenters. The molecule has 0 saturated heterocycles. The fraction of sp³-hybridized carbons (Fsp3) is 0. The average Bonchev–Trinajstić information content (AvgIpc) is 3.21. The molecule has 0 bridgehead atoms.